The van der Waals surface area contributed by atoms with Crippen LogP contribution in [0.25, 0.3) is 0 Å². The largest absolute Gasteiger partial charge is 0.304 e. The first-order valence-electron chi connectivity index (χ1n) is 6.65. The van der Waals surface area contributed by atoms with E-state index in [4.69, 9.17) is 0 Å². The molecule has 0 radical (unpaired) electrons. The Balaban J connectivity index is 2.13. The van der Waals surface area contributed by atoms with Gasteiger partial charge in [-0.2, -0.15) is 0 Å². The molecule has 100 valence electrons. The first kappa shape index (κ1) is 14.3. The Bertz CT molecular complexity index is 501. The average Bonchev–Trinajstić information content (AvgIpc) is 2.39. The zero-order chi connectivity index (χ0) is 13.8. The van der Waals surface area contributed by atoms with Gasteiger partial charge in [0.2, 0.25) is 0 Å². The topological polar surface area (TPSA) is 12.0 Å². The molecule has 0 heterocycles. The van der Waals surface area contributed by atoms with E-state index >= 15 is 0 Å². The molecule has 0 fully saturated rings. The summed E-state index contributed by atoms with van der Waals surface area (Å²) in [6, 6.07) is 17.6. The molecule has 2 atom stereocenters. The lowest BCUT2D eigenvalue weighted by Crippen LogP contribution is -2.23. The predicted molar refractivity (Wildman–Crippen MR) is 85.3 cm³/mol. The standard InChI is InChI=1S/C17H20BrN/c1-12-8-4-5-9-15(12)13(2)19-14(3)16-10-6-7-11-17(16)18/h4-11,13-14,19H,1-3H3/t13?,14-/m0/s1. The minimum absolute atomic E-state index is 0.310. The van der Waals surface area contributed by atoms with Crippen molar-refractivity contribution in [2.75, 3.05) is 0 Å². The van der Waals surface area contributed by atoms with Crippen LogP contribution in [0.4, 0.5) is 0 Å². The van der Waals surface area contributed by atoms with Gasteiger partial charge in [-0.25, -0.2) is 0 Å². The van der Waals surface area contributed by atoms with Gasteiger partial charge >= 0.3 is 0 Å². The predicted octanol–water partition coefficient (Wildman–Crippen LogP) is 5.17. The number of halogens is 1. The highest BCUT2D eigenvalue weighted by Crippen LogP contribution is 2.26. The van der Waals surface area contributed by atoms with Crippen LogP contribution in [-0.4, -0.2) is 0 Å². The van der Waals surface area contributed by atoms with Gasteiger partial charge in [-0.15, -0.1) is 0 Å². The van der Waals surface area contributed by atoms with Crippen LogP contribution in [0.2, 0.25) is 0 Å². The van der Waals surface area contributed by atoms with Crippen molar-refractivity contribution >= 4 is 15.9 Å². The Hall–Kier alpha value is -1.12. The number of nitrogens with one attached hydrogen (secondary N) is 1. The molecule has 1 N–H and O–H groups in total. The maximum atomic E-state index is 3.66. The molecule has 2 aromatic carbocycles. The van der Waals surface area contributed by atoms with Crippen LogP contribution in [-0.2, 0) is 0 Å². The molecule has 2 aromatic rings. The van der Waals surface area contributed by atoms with Crippen LogP contribution in [0.5, 0.6) is 0 Å². The van der Waals surface area contributed by atoms with Crippen molar-refractivity contribution in [1.29, 1.82) is 0 Å². The summed E-state index contributed by atoms with van der Waals surface area (Å²) in [5.41, 5.74) is 3.99. The number of aryl methyl sites for hydroxylation is 1. The average molecular weight is 318 g/mol. The molecule has 0 aliphatic carbocycles. The summed E-state index contributed by atoms with van der Waals surface area (Å²) in [4.78, 5) is 0. The molecule has 0 aliphatic rings. The third-order valence-electron chi connectivity index (χ3n) is 3.53. The minimum Gasteiger partial charge on any atom is -0.304 e. The van der Waals surface area contributed by atoms with Crippen LogP contribution in [0.3, 0.4) is 0 Å². The molecule has 1 nitrogen and oxygen atoms in total. The van der Waals surface area contributed by atoms with Gasteiger partial charge in [0.15, 0.2) is 0 Å². The highest BCUT2D eigenvalue weighted by atomic mass is 79.9. The Morgan fingerprint density at radius 3 is 2.00 bits per heavy atom. The maximum absolute atomic E-state index is 3.66. The van der Waals surface area contributed by atoms with E-state index in [0.717, 1.165) is 4.47 Å². The van der Waals surface area contributed by atoms with E-state index in [1.165, 1.54) is 16.7 Å². The van der Waals surface area contributed by atoms with Gasteiger partial charge < -0.3 is 5.32 Å². The molecule has 2 rings (SSSR count). The summed E-state index contributed by atoms with van der Waals surface area (Å²) in [6.07, 6.45) is 0. The molecule has 0 saturated heterocycles. The van der Waals surface area contributed by atoms with E-state index in [9.17, 15) is 0 Å². The molecule has 2 heteroatoms. The smallest absolute Gasteiger partial charge is 0.0308 e. The first-order chi connectivity index (χ1) is 9.09. The number of benzene rings is 2. The molecule has 0 aromatic heterocycles. The zero-order valence-electron chi connectivity index (χ0n) is 11.7. The minimum atomic E-state index is 0.310. The van der Waals surface area contributed by atoms with Crippen molar-refractivity contribution in [3.63, 3.8) is 0 Å². The molecule has 1 unspecified atom stereocenters. The molecule has 0 saturated carbocycles. The van der Waals surface area contributed by atoms with E-state index in [1.807, 2.05) is 6.07 Å². The Labute approximate surface area is 124 Å². The van der Waals surface area contributed by atoms with E-state index in [0.29, 0.717) is 12.1 Å². The third-order valence-corrected chi connectivity index (χ3v) is 4.25. The molecule has 19 heavy (non-hydrogen) atoms. The zero-order valence-corrected chi connectivity index (χ0v) is 13.2. The fourth-order valence-electron chi connectivity index (χ4n) is 2.45. The monoisotopic (exact) mass is 317 g/mol. The van der Waals surface area contributed by atoms with Gasteiger partial charge in [-0.1, -0.05) is 58.4 Å². The van der Waals surface area contributed by atoms with Crippen molar-refractivity contribution < 1.29 is 0 Å². The van der Waals surface area contributed by atoms with E-state index in [1.54, 1.807) is 0 Å². The third kappa shape index (κ3) is 3.46. The summed E-state index contributed by atoms with van der Waals surface area (Å²) in [7, 11) is 0. The molecular weight excluding hydrogens is 298 g/mol. The fourth-order valence-corrected chi connectivity index (χ4v) is 3.08. The fraction of sp³-hybridized carbons (Fsp3) is 0.294. The van der Waals surface area contributed by atoms with Crippen molar-refractivity contribution in [3.8, 4) is 0 Å². The van der Waals surface area contributed by atoms with Crippen LogP contribution in [0.15, 0.2) is 53.0 Å². The number of hydrogen-bond donors (Lipinski definition) is 1. The van der Waals surface area contributed by atoms with Gasteiger partial charge in [0.1, 0.15) is 0 Å². The van der Waals surface area contributed by atoms with Gasteiger partial charge in [-0.3, -0.25) is 0 Å². The van der Waals surface area contributed by atoms with E-state index < -0.39 is 0 Å². The molecule has 0 amide bonds. The van der Waals surface area contributed by atoms with Gasteiger partial charge in [-0.05, 0) is 43.5 Å². The first-order valence-corrected chi connectivity index (χ1v) is 7.45. The summed E-state index contributed by atoms with van der Waals surface area (Å²) >= 11 is 3.62. The van der Waals surface area contributed by atoms with Crippen molar-refractivity contribution in [2.24, 2.45) is 0 Å². The quantitative estimate of drug-likeness (QED) is 0.820. The lowest BCUT2D eigenvalue weighted by Gasteiger charge is -2.23. The SMILES string of the molecule is Cc1ccccc1C(C)N[C@@H](C)c1ccccc1Br. The van der Waals surface area contributed by atoms with Crippen LogP contribution in [0, 0.1) is 6.92 Å². The molecule has 0 spiro atoms. The van der Waals surface area contributed by atoms with Gasteiger partial charge in [0, 0.05) is 16.6 Å². The van der Waals surface area contributed by atoms with Crippen molar-refractivity contribution in [2.45, 2.75) is 32.9 Å². The lowest BCUT2D eigenvalue weighted by molar-refractivity contribution is 0.492. The Morgan fingerprint density at radius 2 is 1.37 bits per heavy atom. The summed E-state index contributed by atoms with van der Waals surface area (Å²) < 4.78 is 1.16. The second kappa shape index (κ2) is 6.36. The van der Waals surface area contributed by atoms with E-state index in [-0.39, 0.29) is 0 Å². The molecule has 0 aliphatic heterocycles. The lowest BCUT2D eigenvalue weighted by atomic mass is 10.0. The summed E-state index contributed by atoms with van der Waals surface area (Å²) in [5.74, 6) is 0. The second-order valence-electron chi connectivity index (χ2n) is 4.99. The van der Waals surface area contributed by atoms with Gasteiger partial charge in [0.05, 0.1) is 0 Å². The second-order valence-corrected chi connectivity index (χ2v) is 5.84. The maximum Gasteiger partial charge on any atom is 0.0308 e. The Kier molecular flexibility index (Phi) is 4.78. The summed E-state index contributed by atoms with van der Waals surface area (Å²) in [5, 5.41) is 3.66. The molecular formula is C17H20BrN. The van der Waals surface area contributed by atoms with E-state index in [2.05, 4.69) is 84.5 Å². The summed E-state index contributed by atoms with van der Waals surface area (Å²) in [6.45, 7) is 6.58. The van der Waals surface area contributed by atoms with Crippen molar-refractivity contribution in [3.05, 3.63) is 69.7 Å². The number of hydrogen-bond acceptors (Lipinski definition) is 1. The Morgan fingerprint density at radius 1 is 0.842 bits per heavy atom. The number of rotatable bonds is 4. The molecule has 0 bridgehead atoms. The van der Waals surface area contributed by atoms with Crippen LogP contribution >= 0.6 is 15.9 Å². The highest BCUT2D eigenvalue weighted by Gasteiger charge is 2.14. The highest BCUT2D eigenvalue weighted by molar-refractivity contribution is 9.10. The van der Waals surface area contributed by atoms with Crippen molar-refractivity contribution in [1.82, 2.24) is 5.32 Å². The van der Waals surface area contributed by atoms with Crippen LogP contribution < -0.4 is 5.32 Å². The normalized spacial score (nSPS) is 14.1. The van der Waals surface area contributed by atoms with Gasteiger partial charge in [0.25, 0.3) is 0 Å². The van der Waals surface area contributed by atoms with Crippen LogP contribution in [0.1, 0.15) is 42.6 Å².